The van der Waals surface area contributed by atoms with Gasteiger partial charge in [0.2, 0.25) is 0 Å². The Kier molecular flexibility index (Phi) is 6.81. The van der Waals surface area contributed by atoms with Crippen LogP contribution in [0.1, 0.15) is 29.2 Å². The molecule has 1 heterocycles. The van der Waals surface area contributed by atoms with Crippen molar-refractivity contribution in [3.8, 4) is 11.5 Å². The zero-order chi connectivity index (χ0) is 24.2. The molecular weight excluding hydrogens is 549 g/mol. The van der Waals surface area contributed by atoms with E-state index >= 15 is 0 Å². The zero-order valence-corrected chi connectivity index (χ0v) is 21.3. The fourth-order valence-electron chi connectivity index (χ4n) is 4.16. The van der Waals surface area contributed by atoms with Gasteiger partial charge in [0, 0.05) is 21.8 Å². The number of benzene rings is 4. The van der Waals surface area contributed by atoms with Crippen LogP contribution in [0, 0.1) is 3.57 Å². The lowest BCUT2D eigenvalue weighted by atomic mass is 9.98. The second kappa shape index (κ2) is 10.3. The van der Waals surface area contributed by atoms with Crippen molar-refractivity contribution in [2.24, 2.45) is 10.1 Å². The van der Waals surface area contributed by atoms with Crippen LogP contribution in [0.3, 0.4) is 0 Å². The smallest absolute Gasteiger partial charge is 0.124 e. The largest absolute Gasteiger partial charge is 0.507 e. The van der Waals surface area contributed by atoms with E-state index in [0.29, 0.717) is 11.3 Å². The number of aromatic hydroxyl groups is 1. The van der Waals surface area contributed by atoms with Gasteiger partial charge in [-0.25, -0.2) is 0 Å². The number of phenolic OH excluding ortho intramolecular Hbond substituents is 1. The Labute approximate surface area is 218 Å². The van der Waals surface area contributed by atoms with E-state index in [1.54, 1.807) is 31.5 Å². The van der Waals surface area contributed by atoms with Crippen molar-refractivity contribution in [3.63, 3.8) is 0 Å². The van der Waals surface area contributed by atoms with Crippen LogP contribution in [-0.2, 0) is 0 Å². The summed E-state index contributed by atoms with van der Waals surface area (Å²) in [6.45, 7) is 0. The van der Waals surface area contributed by atoms with Crippen molar-refractivity contribution in [3.05, 3.63) is 117 Å². The normalized spacial score (nSPS) is 15.4. The maximum Gasteiger partial charge on any atom is 0.124 e. The minimum absolute atomic E-state index is 0.112. The number of aliphatic imine (C=N–C) groups is 1. The molecule has 35 heavy (non-hydrogen) atoms. The van der Waals surface area contributed by atoms with Gasteiger partial charge < -0.3 is 9.84 Å². The summed E-state index contributed by atoms with van der Waals surface area (Å²) in [7, 11) is 1.60. The number of anilines is 1. The van der Waals surface area contributed by atoms with Crippen LogP contribution in [-0.4, -0.2) is 24.1 Å². The number of para-hydroxylation sites is 1. The van der Waals surface area contributed by atoms with Crippen LogP contribution in [0.4, 0.5) is 11.4 Å². The van der Waals surface area contributed by atoms with Gasteiger partial charge in [-0.2, -0.15) is 5.10 Å². The number of rotatable bonds is 6. The molecule has 4 aromatic carbocycles. The SMILES string of the molecule is COc1ccc(O)c(C=Nc2cccc(C3=NN(c4ccccc4)C(c4ccccc4I)C3)c2)c1. The fourth-order valence-corrected chi connectivity index (χ4v) is 4.91. The van der Waals surface area contributed by atoms with Crippen LogP contribution in [0.5, 0.6) is 11.5 Å². The van der Waals surface area contributed by atoms with Gasteiger partial charge in [-0.3, -0.25) is 10.0 Å². The number of hydrogen-bond donors (Lipinski definition) is 1. The number of phenols is 1. The highest BCUT2D eigenvalue weighted by Gasteiger charge is 2.31. The number of methoxy groups -OCH3 is 1. The van der Waals surface area contributed by atoms with Gasteiger partial charge >= 0.3 is 0 Å². The van der Waals surface area contributed by atoms with Gasteiger partial charge in [-0.15, -0.1) is 0 Å². The predicted molar refractivity (Wildman–Crippen MR) is 150 cm³/mol. The van der Waals surface area contributed by atoms with Crippen molar-refractivity contribution in [2.45, 2.75) is 12.5 Å². The molecule has 0 saturated carbocycles. The van der Waals surface area contributed by atoms with Gasteiger partial charge in [-0.05, 0) is 82.2 Å². The minimum atomic E-state index is 0.112. The standard InChI is InChI=1S/C29H24IN3O2/c1-35-24-14-15-29(34)21(17-24)19-31-22-9-7-8-20(16-22)27-18-28(25-12-5-6-13-26(25)30)33(32-27)23-10-3-2-4-11-23/h2-17,19,28,34H,18H2,1H3. The van der Waals surface area contributed by atoms with E-state index in [9.17, 15) is 5.11 Å². The van der Waals surface area contributed by atoms with E-state index < -0.39 is 0 Å². The zero-order valence-electron chi connectivity index (χ0n) is 19.2. The predicted octanol–water partition coefficient (Wildman–Crippen LogP) is 7.11. The third-order valence-electron chi connectivity index (χ3n) is 5.96. The van der Waals surface area contributed by atoms with Gasteiger partial charge in [0.1, 0.15) is 11.5 Å². The van der Waals surface area contributed by atoms with Gasteiger partial charge in [0.15, 0.2) is 0 Å². The summed E-state index contributed by atoms with van der Waals surface area (Å²) in [5.74, 6) is 0.825. The van der Waals surface area contributed by atoms with E-state index in [0.717, 1.165) is 29.1 Å². The molecule has 6 heteroatoms. The topological polar surface area (TPSA) is 57.4 Å². The highest BCUT2D eigenvalue weighted by molar-refractivity contribution is 14.1. The molecule has 0 spiro atoms. The van der Waals surface area contributed by atoms with Crippen LogP contribution in [0.25, 0.3) is 0 Å². The average Bonchev–Trinajstić information content (AvgIpc) is 3.34. The van der Waals surface area contributed by atoms with Crippen LogP contribution < -0.4 is 9.75 Å². The third kappa shape index (κ3) is 5.07. The Bertz CT molecular complexity index is 1400. The van der Waals surface area contributed by atoms with Crippen molar-refractivity contribution in [2.75, 3.05) is 12.1 Å². The molecule has 4 aromatic rings. The minimum Gasteiger partial charge on any atom is -0.507 e. The lowest BCUT2D eigenvalue weighted by Gasteiger charge is -2.24. The second-order valence-electron chi connectivity index (χ2n) is 8.20. The van der Waals surface area contributed by atoms with Gasteiger partial charge in [-0.1, -0.05) is 48.5 Å². The molecule has 0 saturated heterocycles. The van der Waals surface area contributed by atoms with E-state index in [2.05, 4.69) is 75.1 Å². The summed E-state index contributed by atoms with van der Waals surface area (Å²) in [5.41, 5.74) is 5.76. The average molecular weight is 573 g/mol. The Balaban J connectivity index is 1.47. The fraction of sp³-hybridized carbons (Fsp3) is 0.103. The van der Waals surface area contributed by atoms with Gasteiger partial charge in [0.25, 0.3) is 0 Å². The van der Waals surface area contributed by atoms with E-state index in [1.165, 1.54) is 9.13 Å². The Hall–Kier alpha value is -3.65. The molecule has 0 radical (unpaired) electrons. The number of hydrazone groups is 1. The first-order valence-corrected chi connectivity index (χ1v) is 12.4. The summed E-state index contributed by atoms with van der Waals surface area (Å²) in [6.07, 6.45) is 2.44. The van der Waals surface area contributed by atoms with Crippen LogP contribution >= 0.6 is 22.6 Å². The number of ether oxygens (including phenoxy) is 1. The molecule has 1 aliphatic heterocycles. The van der Waals surface area contributed by atoms with Crippen molar-refractivity contribution >= 4 is 45.9 Å². The Morgan fingerprint density at radius 3 is 2.57 bits per heavy atom. The maximum atomic E-state index is 10.2. The molecule has 0 amide bonds. The molecular formula is C29H24IN3O2. The van der Waals surface area contributed by atoms with E-state index in [4.69, 9.17) is 9.84 Å². The summed E-state index contributed by atoms with van der Waals surface area (Å²) in [4.78, 5) is 4.60. The third-order valence-corrected chi connectivity index (χ3v) is 6.94. The molecule has 174 valence electrons. The molecule has 5 rings (SSSR count). The summed E-state index contributed by atoms with van der Waals surface area (Å²) < 4.78 is 6.48. The first-order chi connectivity index (χ1) is 17.1. The highest BCUT2D eigenvalue weighted by Crippen LogP contribution is 2.38. The highest BCUT2D eigenvalue weighted by atomic mass is 127. The lowest BCUT2D eigenvalue weighted by molar-refractivity contribution is 0.412. The molecule has 5 nitrogen and oxygen atoms in total. The number of halogens is 1. The molecule has 0 aromatic heterocycles. The summed E-state index contributed by atoms with van der Waals surface area (Å²) in [6, 6.07) is 32.0. The molecule has 0 aliphatic carbocycles. The molecule has 0 fully saturated rings. The molecule has 1 aliphatic rings. The van der Waals surface area contributed by atoms with Crippen LogP contribution in [0.2, 0.25) is 0 Å². The van der Waals surface area contributed by atoms with Crippen LogP contribution in [0.15, 0.2) is 107 Å². The monoisotopic (exact) mass is 573 g/mol. The molecule has 1 atom stereocenters. The summed E-state index contributed by atoms with van der Waals surface area (Å²) in [5, 5.41) is 17.3. The first kappa shape index (κ1) is 23.1. The Morgan fingerprint density at radius 2 is 1.77 bits per heavy atom. The molecule has 1 unspecified atom stereocenters. The lowest BCUT2D eigenvalue weighted by Crippen LogP contribution is -2.19. The quantitative estimate of drug-likeness (QED) is 0.198. The number of nitrogens with zero attached hydrogens (tertiary/aromatic N) is 3. The van der Waals surface area contributed by atoms with Crippen molar-refractivity contribution < 1.29 is 9.84 Å². The number of hydrogen-bond acceptors (Lipinski definition) is 5. The van der Waals surface area contributed by atoms with Gasteiger partial charge in [0.05, 0.1) is 30.2 Å². The second-order valence-corrected chi connectivity index (χ2v) is 9.36. The van der Waals surface area contributed by atoms with E-state index in [1.807, 2.05) is 36.4 Å². The maximum absolute atomic E-state index is 10.2. The Morgan fingerprint density at radius 1 is 0.971 bits per heavy atom. The van der Waals surface area contributed by atoms with Crippen molar-refractivity contribution in [1.29, 1.82) is 0 Å². The molecule has 1 N–H and O–H groups in total. The summed E-state index contributed by atoms with van der Waals surface area (Å²) >= 11 is 2.40. The van der Waals surface area contributed by atoms with Crippen molar-refractivity contribution in [1.82, 2.24) is 0 Å². The first-order valence-electron chi connectivity index (χ1n) is 11.3. The molecule has 0 bridgehead atoms. The van der Waals surface area contributed by atoms with E-state index in [-0.39, 0.29) is 11.8 Å².